The van der Waals surface area contributed by atoms with E-state index in [4.69, 9.17) is 14.2 Å². The Labute approximate surface area is 168 Å². The molecule has 4 rings (SSSR count). The Kier molecular flexibility index (Phi) is 5.99. The van der Waals surface area contributed by atoms with Crippen molar-refractivity contribution in [2.24, 2.45) is 0 Å². The number of amides is 1. The van der Waals surface area contributed by atoms with Crippen LogP contribution in [0.1, 0.15) is 18.8 Å². The minimum atomic E-state index is -0.918. The summed E-state index contributed by atoms with van der Waals surface area (Å²) in [6, 6.07) is 18.7. The van der Waals surface area contributed by atoms with Gasteiger partial charge >= 0.3 is 0 Å². The van der Waals surface area contributed by atoms with Crippen molar-refractivity contribution in [1.29, 1.82) is 0 Å². The third kappa shape index (κ3) is 4.24. The van der Waals surface area contributed by atoms with Crippen LogP contribution in [0.5, 0.6) is 0 Å². The van der Waals surface area contributed by atoms with Crippen LogP contribution in [-0.2, 0) is 19.0 Å². The SMILES string of the molecule is CC(=O)N[C@H]1[C@H](O)[C@H]2O[C@@H](c3ccccc3)OC[C@H]2O[C@H]1Sc1ccccc1. The van der Waals surface area contributed by atoms with Crippen molar-refractivity contribution in [2.45, 2.75) is 47.9 Å². The Morgan fingerprint density at radius 2 is 1.75 bits per heavy atom. The summed E-state index contributed by atoms with van der Waals surface area (Å²) >= 11 is 1.46. The van der Waals surface area contributed by atoms with Crippen LogP contribution in [0.3, 0.4) is 0 Å². The van der Waals surface area contributed by atoms with Crippen molar-refractivity contribution < 1.29 is 24.1 Å². The number of aliphatic hydroxyl groups is 1. The molecule has 6 nitrogen and oxygen atoms in total. The van der Waals surface area contributed by atoms with Crippen LogP contribution in [0.25, 0.3) is 0 Å². The van der Waals surface area contributed by atoms with Crippen molar-refractivity contribution in [3.8, 4) is 0 Å². The monoisotopic (exact) mass is 401 g/mol. The molecule has 0 aliphatic carbocycles. The third-order valence-electron chi connectivity index (χ3n) is 4.80. The van der Waals surface area contributed by atoms with Crippen LogP contribution in [-0.4, -0.2) is 47.4 Å². The summed E-state index contributed by atoms with van der Waals surface area (Å²) in [5.41, 5.74) is 0.424. The molecule has 2 aliphatic heterocycles. The summed E-state index contributed by atoms with van der Waals surface area (Å²) < 4.78 is 18.1. The van der Waals surface area contributed by atoms with Crippen LogP contribution < -0.4 is 5.32 Å². The average Bonchev–Trinajstić information content (AvgIpc) is 2.72. The molecular formula is C21H23NO5S. The topological polar surface area (TPSA) is 77.0 Å². The number of fused-ring (bicyclic) bond motifs is 1. The number of benzene rings is 2. The molecule has 2 aromatic rings. The molecule has 0 saturated carbocycles. The van der Waals surface area contributed by atoms with Gasteiger partial charge in [0.25, 0.3) is 0 Å². The number of ether oxygens (including phenoxy) is 3. The number of hydrogen-bond acceptors (Lipinski definition) is 6. The highest BCUT2D eigenvalue weighted by Crippen LogP contribution is 2.38. The number of aliphatic hydroxyl groups excluding tert-OH is 1. The van der Waals surface area contributed by atoms with Crippen molar-refractivity contribution in [3.05, 3.63) is 66.2 Å². The Balaban J connectivity index is 1.53. The van der Waals surface area contributed by atoms with Crippen molar-refractivity contribution in [1.82, 2.24) is 5.32 Å². The predicted molar refractivity (Wildman–Crippen MR) is 105 cm³/mol. The standard InChI is InChI=1S/C21H23NO5S/c1-13(23)22-17-18(24)19-16(26-21(17)28-15-10-6-3-7-11-15)12-25-20(27-19)14-8-4-2-5-9-14/h2-11,16-21,24H,12H2,1H3,(H,22,23)/t16-,17+,18+,19+,20+,21+/m1/s1. The lowest BCUT2D eigenvalue weighted by Crippen LogP contribution is -2.65. The van der Waals surface area contributed by atoms with E-state index < -0.39 is 36.1 Å². The second kappa shape index (κ2) is 8.63. The highest BCUT2D eigenvalue weighted by atomic mass is 32.2. The first-order chi connectivity index (χ1) is 13.6. The number of carbonyl (C=O) groups is 1. The summed E-state index contributed by atoms with van der Waals surface area (Å²) in [5.74, 6) is -0.226. The maximum absolute atomic E-state index is 11.7. The summed E-state index contributed by atoms with van der Waals surface area (Å²) in [4.78, 5) is 12.7. The maximum atomic E-state index is 11.7. The first-order valence-corrected chi connectivity index (χ1v) is 10.1. The van der Waals surface area contributed by atoms with E-state index in [1.165, 1.54) is 18.7 Å². The molecule has 0 bridgehead atoms. The number of nitrogens with one attached hydrogen (secondary N) is 1. The Morgan fingerprint density at radius 3 is 2.43 bits per heavy atom. The van der Waals surface area contributed by atoms with Crippen LogP contribution in [0.4, 0.5) is 0 Å². The quantitative estimate of drug-likeness (QED) is 0.820. The molecule has 0 unspecified atom stereocenters. The zero-order chi connectivity index (χ0) is 19.5. The first-order valence-electron chi connectivity index (χ1n) is 9.26. The summed E-state index contributed by atoms with van der Waals surface area (Å²) in [6.07, 6.45) is -2.50. The largest absolute Gasteiger partial charge is 0.388 e. The second-order valence-electron chi connectivity index (χ2n) is 6.87. The van der Waals surface area contributed by atoms with E-state index in [-0.39, 0.29) is 5.91 Å². The predicted octanol–water partition coefficient (Wildman–Crippen LogP) is 2.48. The molecule has 2 aliphatic rings. The molecule has 2 N–H and O–H groups in total. The van der Waals surface area contributed by atoms with E-state index in [9.17, 15) is 9.90 Å². The van der Waals surface area contributed by atoms with Crippen LogP contribution in [0.2, 0.25) is 0 Å². The van der Waals surface area contributed by atoms with Crippen LogP contribution >= 0.6 is 11.8 Å². The van der Waals surface area contributed by atoms with Gasteiger partial charge in [-0.05, 0) is 12.1 Å². The molecule has 6 atom stereocenters. The zero-order valence-corrected chi connectivity index (χ0v) is 16.2. The van der Waals surface area contributed by atoms with Crippen molar-refractivity contribution >= 4 is 17.7 Å². The van der Waals surface area contributed by atoms with E-state index in [2.05, 4.69) is 5.32 Å². The molecule has 0 radical (unpaired) electrons. The summed E-state index contributed by atoms with van der Waals surface area (Å²) in [7, 11) is 0. The number of hydrogen-bond donors (Lipinski definition) is 2. The van der Waals surface area contributed by atoms with Crippen LogP contribution in [0.15, 0.2) is 65.6 Å². The van der Waals surface area contributed by atoms with Crippen LogP contribution in [0, 0.1) is 0 Å². The van der Waals surface area contributed by atoms with Gasteiger partial charge in [0.2, 0.25) is 5.91 Å². The lowest BCUT2D eigenvalue weighted by Gasteiger charge is -2.47. The van der Waals surface area contributed by atoms with Gasteiger partial charge in [-0.2, -0.15) is 0 Å². The molecule has 2 heterocycles. The number of carbonyl (C=O) groups excluding carboxylic acids is 1. The Morgan fingerprint density at radius 1 is 1.07 bits per heavy atom. The van der Waals surface area contributed by atoms with Gasteiger partial charge in [-0.15, -0.1) is 0 Å². The smallest absolute Gasteiger partial charge is 0.217 e. The van der Waals surface area contributed by atoms with Gasteiger partial charge in [-0.3, -0.25) is 4.79 Å². The highest BCUT2D eigenvalue weighted by molar-refractivity contribution is 7.99. The summed E-state index contributed by atoms with van der Waals surface area (Å²) in [5, 5.41) is 13.9. The van der Waals surface area contributed by atoms with E-state index in [0.29, 0.717) is 6.61 Å². The van der Waals surface area contributed by atoms with Crippen molar-refractivity contribution in [3.63, 3.8) is 0 Å². The highest BCUT2D eigenvalue weighted by Gasteiger charge is 2.49. The third-order valence-corrected chi connectivity index (χ3v) is 5.98. The van der Waals surface area contributed by atoms with Gasteiger partial charge in [0.05, 0.1) is 12.6 Å². The molecule has 0 aromatic heterocycles. The van der Waals surface area contributed by atoms with E-state index in [1.807, 2.05) is 60.7 Å². The fraction of sp³-hybridized carbons (Fsp3) is 0.381. The molecule has 2 fully saturated rings. The Hall–Kier alpha value is -1.90. The lowest BCUT2D eigenvalue weighted by molar-refractivity contribution is -0.306. The van der Waals surface area contributed by atoms with E-state index >= 15 is 0 Å². The molecular weight excluding hydrogens is 378 g/mol. The zero-order valence-electron chi connectivity index (χ0n) is 15.4. The molecule has 2 aromatic carbocycles. The minimum absolute atomic E-state index is 0.226. The fourth-order valence-corrected chi connectivity index (χ4v) is 4.65. The van der Waals surface area contributed by atoms with Gasteiger partial charge in [0, 0.05) is 17.4 Å². The Bertz CT molecular complexity index is 790. The average molecular weight is 401 g/mol. The van der Waals surface area contributed by atoms with Gasteiger partial charge in [-0.25, -0.2) is 0 Å². The summed E-state index contributed by atoms with van der Waals surface area (Å²) in [6.45, 7) is 1.74. The molecule has 7 heteroatoms. The fourth-order valence-electron chi connectivity index (χ4n) is 3.49. The normalized spacial score (nSPS) is 32.4. The number of thioether (sulfide) groups is 1. The number of rotatable bonds is 4. The van der Waals surface area contributed by atoms with Gasteiger partial charge in [-0.1, -0.05) is 60.3 Å². The van der Waals surface area contributed by atoms with Gasteiger partial charge in [0.15, 0.2) is 6.29 Å². The lowest BCUT2D eigenvalue weighted by atomic mass is 9.96. The molecule has 1 amide bonds. The van der Waals surface area contributed by atoms with Crippen molar-refractivity contribution in [2.75, 3.05) is 6.61 Å². The maximum Gasteiger partial charge on any atom is 0.217 e. The second-order valence-corrected chi connectivity index (χ2v) is 8.04. The van der Waals surface area contributed by atoms with Gasteiger partial charge in [0.1, 0.15) is 23.7 Å². The molecule has 28 heavy (non-hydrogen) atoms. The van der Waals surface area contributed by atoms with E-state index in [1.54, 1.807) is 0 Å². The minimum Gasteiger partial charge on any atom is -0.388 e. The first kappa shape index (κ1) is 19.4. The molecule has 2 saturated heterocycles. The molecule has 0 spiro atoms. The molecule has 148 valence electrons. The van der Waals surface area contributed by atoms with Gasteiger partial charge < -0.3 is 24.6 Å². The van der Waals surface area contributed by atoms with E-state index in [0.717, 1.165) is 10.5 Å².